The molecule has 1 fully saturated rings. The number of hydrogen-bond acceptors (Lipinski definition) is 6. The molecule has 1 heterocycles. The Kier molecular flexibility index (Phi) is 5.98. The summed E-state index contributed by atoms with van der Waals surface area (Å²) in [5, 5.41) is 10.3. The van der Waals surface area contributed by atoms with Crippen LogP contribution in [0.4, 0.5) is 4.79 Å². The maximum absolute atomic E-state index is 11.7. The Morgan fingerprint density at radius 3 is 2.83 bits per heavy atom. The fourth-order valence-corrected chi connectivity index (χ4v) is 2.89. The monoisotopic (exact) mass is 324 g/mol. The number of nitrogens with zero attached hydrogens (tertiary/aromatic N) is 2. The third-order valence-corrected chi connectivity index (χ3v) is 3.89. The van der Waals surface area contributed by atoms with Crippen LogP contribution in [-0.2, 0) is 11.2 Å². The molecule has 2 N–H and O–H groups in total. The highest BCUT2D eigenvalue weighted by molar-refractivity contribution is 5.67. The molecule has 130 valence electrons. The standard InChI is InChI=1S/C16H28N4O3/c1-11-19-14(20-23-11)8-9-17-13-7-5-6-12(13)10-18-15(21)22-16(2,3)4/h12-13,17H,5-10H2,1-4H3,(H,18,21). The SMILES string of the molecule is Cc1nc(CCNC2CCCC2CNC(=O)OC(C)(C)C)no1. The van der Waals surface area contributed by atoms with Crippen molar-refractivity contribution in [2.75, 3.05) is 13.1 Å². The number of aryl methyl sites for hydroxylation is 1. The molecule has 1 aliphatic rings. The number of alkyl carbamates (subject to hydrolysis) is 1. The van der Waals surface area contributed by atoms with E-state index in [0.29, 0.717) is 24.4 Å². The highest BCUT2D eigenvalue weighted by Gasteiger charge is 2.27. The van der Waals surface area contributed by atoms with E-state index in [-0.39, 0.29) is 6.09 Å². The van der Waals surface area contributed by atoms with Crippen LogP contribution in [0, 0.1) is 12.8 Å². The first-order chi connectivity index (χ1) is 10.8. The van der Waals surface area contributed by atoms with Gasteiger partial charge in [-0.1, -0.05) is 11.6 Å². The van der Waals surface area contributed by atoms with Crippen molar-refractivity contribution < 1.29 is 14.1 Å². The minimum absolute atomic E-state index is 0.342. The first kappa shape index (κ1) is 17.7. The molecule has 1 aliphatic carbocycles. The summed E-state index contributed by atoms with van der Waals surface area (Å²) < 4.78 is 10.2. The zero-order chi connectivity index (χ0) is 16.9. The minimum Gasteiger partial charge on any atom is -0.444 e. The smallest absolute Gasteiger partial charge is 0.407 e. The Hall–Kier alpha value is -1.63. The number of amides is 1. The fraction of sp³-hybridized carbons (Fsp3) is 0.812. The number of ether oxygens (including phenoxy) is 1. The van der Waals surface area contributed by atoms with E-state index in [0.717, 1.165) is 31.6 Å². The molecule has 0 saturated heterocycles. The van der Waals surface area contributed by atoms with Crippen molar-refractivity contribution in [3.05, 3.63) is 11.7 Å². The van der Waals surface area contributed by atoms with Crippen LogP contribution < -0.4 is 10.6 Å². The van der Waals surface area contributed by atoms with Gasteiger partial charge in [-0.25, -0.2) is 4.79 Å². The molecule has 7 nitrogen and oxygen atoms in total. The second-order valence-corrected chi connectivity index (χ2v) is 7.11. The van der Waals surface area contributed by atoms with Crippen molar-refractivity contribution >= 4 is 6.09 Å². The Balaban J connectivity index is 1.69. The second kappa shape index (κ2) is 7.77. The molecule has 2 rings (SSSR count). The average Bonchev–Trinajstić information content (AvgIpc) is 3.04. The predicted molar refractivity (Wildman–Crippen MR) is 86.1 cm³/mol. The van der Waals surface area contributed by atoms with Gasteiger partial charge in [0, 0.05) is 32.5 Å². The number of aromatic nitrogens is 2. The lowest BCUT2D eigenvalue weighted by Crippen LogP contribution is -2.41. The zero-order valence-corrected chi connectivity index (χ0v) is 14.5. The molecule has 23 heavy (non-hydrogen) atoms. The van der Waals surface area contributed by atoms with Gasteiger partial charge < -0.3 is 19.9 Å². The van der Waals surface area contributed by atoms with Crippen molar-refractivity contribution in [3.8, 4) is 0 Å². The molecule has 2 atom stereocenters. The van der Waals surface area contributed by atoms with Gasteiger partial charge >= 0.3 is 6.09 Å². The summed E-state index contributed by atoms with van der Waals surface area (Å²) in [6.07, 6.45) is 3.84. The van der Waals surface area contributed by atoms with Crippen molar-refractivity contribution in [1.29, 1.82) is 0 Å². The van der Waals surface area contributed by atoms with Crippen molar-refractivity contribution in [2.45, 2.75) is 65.0 Å². The van der Waals surface area contributed by atoms with Gasteiger partial charge in [0.25, 0.3) is 0 Å². The number of carbonyl (C=O) groups excluding carboxylic acids is 1. The van der Waals surface area contributed by atoms with E-state index in [1.807, 2.05) is 20.8 Å². The molecule has 0 aliphatic heterocycles. The molecule has 0 spiro atoms. The maximum atomic E-state index is 11.7. The van der Waals surface area contributed by atoms with E-state index in [9.17, 15) is 4.79 Å². The van der Waals surface area contributed by atoms with Crippen LogP contribution in [0.2, 0.25) is 0 Å². The Bertz CT molecular complexity index is 510. The topological polar surface area (TPSA) is 89.3 Å². The lowest BCUT2D eigenvalue weighted by Gasteiger charge is -2.23. The second-order valence-electron chi connectivity index (χ2n) is 7.11. The third kappa shape index (κ3) is 6.17. The van der Waals surface area contributed by atoms with E-state index in [4.69, 9.17) is 9.26 Å². The molecule has 1 amide bonds. The quantitative estimate of drug-likeness (QED) is 0.834. The Labute approximate surface area is 137 Å². The van der Waals surface area contributed by atoms with Gasteiger partial charge in [-0.3, -0.25) is 0 Å². The largest absolute Gasteiger partial charge is 0.444 e. The lowest BCUT2D eigenvalue weighted by atomic mass is 10.0. The molecular formula is C16H28N4O3. The van der Waals surface area contributed by atoms with E-state index in [2.05, 4.69) is 20.8 Å². The normalized spacial score (nSPS) is 21.4. The lowest BCUT2D eigenvalue weighted by molar-refractivity contribution is 0.0517. The predicted octanol–water partition coefficient (Wildman–Crippen LogP) is 2.20. The van der Waals surface area contributed by atoms with Crippen molar-refractivity contribution in [1.82, 2.24) is 20.8 Å². The summed E-state index contributed by atoms with van der Waals surface area (Å²) in [5.74, 6) is 1.77. The van der Waals surface area contributed by atoms with Gasteiger partial charge in [-0.15, -0.1) is 0 Å². The summed E-state index contributed by atoms with van der Waals surface area (Å²) in [6.45, 7) is 8.85. The van der Waals surface area contributed by atoms with Crippen LogP contribution in [0.25, 0.3) is 0 Å². The van der Waals surface area contributed by atoms with Gasteiger partial charge in [0.05, 0.1) is 0 Å². The fourth-order valence-electron chi connectivity index (χ4n) is 2.89. The maximum Gasteiger partial charge on any atom is 0.407 e. The molecule has 0 bridgehead atoms. The van der Waals surface area contributed by atoms with Gasteiger partial charge in [-0.05, 0) is 39.5 Å². The van der Waals surface area contributed by atoms with E-state index < -0.39 is 5.60 Å². The minimum atomic E-state index is -0.458. The van der Waals surface area contributed by atoms with Gasteiger partial charge in [0.2, 0.25) is 5.89 Å². The van der Waals surface area contributed by atoms with Crippen LogP contribution in [0.3, 0.4) is 0 Å². The van der Waals surface area contributed by atoms with Crippen molar-refractivity contribution in [2.24, 2.45) is 5.92 Å². The van der Waals surface area contributed by atoms with Crippen LogP contribution >= 0.6 is 0 Å². The molecule has 1 aromatic heterocycles. The summed E-state index contributed by atoms with van der Waals surface area (Å²) in [4.78, 5) is 15.9. The van der Waals surface area contributed by atoms with Crippen LogP contribution in [0.15, 0.2) is 4.52 Å². The molecule has 1 aromatic rings. The molecule has 0 aromatic carbocycles. The third-order valence-electron chi connectivity index (χ3n) is 3.89. The molecule has 2 unspecified atom stereocenters. The molecule has 0 radical (unpaired) electrons. The molecule has 7 heteroatoms. The van der Waals surface area contributed by atoms with Crippen LogP contribution in [-0.4, -0.2) is 41.0 Å². The summed E-state index contributed by atoms with van der Waals surface area (Å²) in [7, 11) is 0. The van der Waals surface area contributed by atoms with Gasteiger partial charge in [-0.2, -0.15) is 4.98 Å². The van der Waals surface area contributed by atoms with Gasteiger partial charge in [0.15, 0.2) is 5.82 Å². The first-order valence-corrected chi connectivity index (χ1v) is 8.33. The van der Waals surface area contributed by atoms with Crippen molar-refractivity contribution in [3.63, 3.8) is 0 Å². The van der Waals surface area contributed by atoms with E-state index in [1.54, 1.807) is 6.92 Å². The number of nitrogens with one attached hydrogen (secondary N) is 2. The van der Waals surface area contributed by atoms with Crippen LogP contribution in [0.1, 0.15) is 51.7 Å². The molecular weight excluding hydrogens is 296 g/mol. The number of rotatable bonds is 6. The summed E-state index contributed by atoms with van der Waals surface area (Å²) in [6, 6.07) is 0.415. The Morgan fingerprint density at radius 1 is 1.39 bits per heavy atom. The van der Waals surface area contributed by atoms with E-state index >= 15 is 0 Å². The summed E-state index contributed by atoms with van der Waals surface area (Å²) >= 11 is 0. The first-order valence-electron chi connectivity index (χ1n) is 8.33. The highest BCUT2D eigenvalue weighted by Crippen LogP contribution is 2.25. The summed E-state index contributed by atoms with van der Waals surface area (Å²) in [5.41, 5.74) is -0.458. The van der Waals surface area contributed by atoms with E-state index in [1.165, 1.54) is 6.42 Å². The Morgan fingerprint density at radius 2 is 2.17 bits per heavy atom. The highest BCUT2D eigenvalue weighted by atomic mass is 16.6. The van der Waals surface area contributed by atoms with Gasteiger partial charge in [0.1, 0.15) is 5.60 Å². The number of carbonyl (C=O) groups is 1. The average molecular weight is 324 g/mol. The van der Waals surface area contributed by atoms with Crippen LogP contribution in [0.5, 0.6) is 0 Å². The number of hydrogen-bond donors (Lipinski definition) is 2. The molecule has 1 saturated carbocycles. The zero-order valence-electron chi connectivity index (χ0n) is 14.5.